The summed E-state index contributed by atoms with van der Waals surface area (Å²) in [6, 6.07) is 14.8. The van der Waals surface area contributed by atoms with E-state index < -0.39 is 11.6 Å². The van der Waals surface area contributed by atoms with Gasteiger partial charge in [-0.05, 0) is 26.2 Å². The molecule has 3 aromatic rings. The molecule has 0 aliphatic heterocycles. The highest BCUT2D eigenvalue weighted by Crippen LogP contribution is 2.24. The molecule has 0 spiro atoms. The molecule has 1 heterocycles. The molecule has 0 atom stereocenters. The van der Waals surface area contributed by atoms with Gasteiger partial charge in [-0.15, -0.1) is 0 Å². The molecule has 0 aliphatic carbocycles. The van der Waals surface area contributed by atoms with Gasteiger partial charge in [0.15, 0.2) is 0 Å². The van der Waals surface area contributed by atoms with Crippen LogP contribution in [0, 0.1) is 11.6 Å². The molecule has 2 aromatic carbocycles. The van der Waals surface area contributed by atoms with Gasteiger partial charge >= 0.3 is 0 Å². The maximum absolute atomic E-state index is 14.0. The van der Waals surface area contributed by atoms with Gasteiger partial charge in [-0.25, -0.2) is 13.8 Å². The van der Waals surface area contributed by atoms with E-state index in [4.69, 9.17) is 0 Å². The van der Waals surface area contributed by atoms with E-state index in [-0.39, 0.29) is 11.6 Å². The summed E-state index contributed by atoms with van der Waals surface area (Å²) in [5.74, 6) is -0.487. The third kappa shape index (κ3) is 5.21. The number of anilines is 3. The monoisotopic (exact) mass is 369 g/mol. The first-order chi connectivity index (χ1) is 13.0. The van der Waals surface area contributed by atoms with Gasteiger partial charge in [0, 0.05) is 30.8 Å². The molecule has 0 bridgehead atoms. The van der Waals surface area contributed by atoms with Crippen LogP contribution in [-0.2, 0) is 0 Å². The van der Waals surface area contributed by atoms with Crippen LogP contribution in [0.15, 0.2) is 54.6 Å². The Morgan fingerprint density at radius 2 is 1.74 bits per heavy atom. The fourth-order valence-corrected chi connectivity index (χ4v) is 2.47. The highest BCUT2D eigenvalue weighted by atomic mass is 19.1. The second kappa shape index (κ2) is 8.55. The van der Waals surface area contributed by atoms with Gasteiger partial charge in [0.2, 0.25) is 5.95 Å². The molecule has 0 aliphatic rings. The Balaban J connectivity index is 1.91. The standard InChI is InChI=1S/C20H21F2N5/c1-27(2)11-10-23-19-13-18(14-6-4-3-5-7-14)25-20(26-19)24-17-9-8-15(21)12-16(17)22/h3-9,12-13H,10-11H2,1-2H3,(H2,23,24,25,26). The molecule has 2 N–H and O–H groups in total. The van der Waals surface area contributed by atoms with E-state index in [2.05, 4.69) is 25.5 Å². The molecule has 0 unspecified atom stereocenters. The lowest BCUT2D eigenvalue weighted by Crippen LogP contribution is -2.21. The first-order valence-corrected chi connectivity index (χ1v) is 8.56. The van der Waals surface area contributed by atoms with Gasteiger partial charge < -0.3 is 15.5 Å². The largest absolute Gasteiger partial charge is 0.369 e. The summed E-state index contributed by atoms with van der Waals surface area (Å²) in [6.45, 7) is 1.53. The van der Waals surface area contributed by atoms with Crippen LogP contribution in [0.25, 0.3) is 11.3 Å². The Morgan fingerprint density at radius 3 is 2.44 bits per heavy atom. The number of halogens is 2. The maximum atomic E-state index is 14.0. The van der Waals surface area contributed by atoms with Crippen molar-refractivity contribution >= 4 is 17.5 Å². The summed E-state index contributed by atoms with van der Waals surface area (Å²) in [5.41, 5.74) is 1.72. The minimum atomic E-state index is -0.703. The molecule has 5 nitrogen and oxygen atoms in total. The summed E-state index contributed by atoms with van der Waals surface area (Å²) < 4.78 is 27.1. The van der Waals surface area contributed by atoms with Crippen LogP contribution in [0.1, 0.15) is 0 Å². The number of hydrogen-bond donors (Lipinski definition) is 2. The minimum absolute atomic E-state index is 0.112. The average molecular weight is 369 g/mol. The lowest BCUT2D eigenvalue weighted by atomic mass is 10.1. The number of likely N-dealkylation sites (N-methyl/N-ethyl adjacent to an activating group) is 1. The Morgan fingerprint density at radius 1 is 0.963 bits per heavy atom. The molecule has 0 saturated carbocycles. The number of rotatable bonds is 7. The van der Waals surface area contributed by atoms with Crippen LogP contribution in [0.3, 0.4) is 0 Å². The van der Waals surface area contributed by atoms with Crippen molar-refractivity contribution in [3.63, 3.8) is 0 Å². The fraction of sp³-hybridized carbons (Fsp3) is 0.200. The van der Waals surface area contributed by atoms with E-state index >= 15 is 0 Å². The minimum Gasteiger partial charge on any atom is -0.369 e. The Bertz CT molecular complexity index is 900. The van der Waals surface area contributed by atoms with E-state index in [9.17, 15) is 8.78 Å². The topological polar surface area (TPSA) is 53.1 Å². The molecule has 3 rings (SSSR count). The van der Waals surface area contributed by atoms with Crippen molar-refractivity contribution in [2.24, 2.45) is 0 Å². The van der Waals surface area contributed by atoms with Crippen LogP contribution >= 0.6 is 0 Å². The SMILES string of the molecule is CN(C)CCNc1cc(-c2ccccc2)nc(Nc2ccc(F)cc2F)n1. The van der Waals surface area contributed by atoms with Crippen molar-refractivity contribution in [3.8, 4) is 11.3 Å². The molecular formula is C20H21F2N5. The predicted octanol–water partition coefficient (Wildman–Crippen LogP) is 4.14. The van der Waals surface area contributed by atoms with Gasteiger partial charge in [-0.2, -0.15) is 4.98 Å². The van der Waals surface area contributed by atoms with Crippen molar-refractivity contribution in [2.45, 2.75) is 0 Å². The predicted molar refractivity (Wildman–Crippen MR) is 104 cm³/mol. The number of nitrogens with one attached hydrogen (secondary N) is 2. The van der Waals surface area contributed by atoms with E-state index in [1.807, 2.05) is 50.5 Å². The third-order valence-electron chi connectivity index (χ3n) is 3.84. The van der Waals surface area contributed by atoms with Crippen LogP contribution in [0.4, 0.5) is 26.2 Å². The molecule has 0 saturated heterocycles. The van der Waals surface area contributed by atoms with Crippen molar-refractivity contribution in [2.75, 3.05) is 37.8 Å². The van der Waals surface area contributed by atoms with Crippen LogP contribution in [-0.4, -0.2) is 42.1 Å². The molecular weight excluding hydrogens is 348 g/mol. The zero-order valence-electron chi connectivity index (χ0n) is 15.2. The highest BCUT2D eigenvalue weighted by Gasteiger charge is 2.10. The van der Waals surface area contributed by atoms with Gasteiger partial charge in [0.1, 0.15) is 17.5 Å². The number of aromatic nitrogens is 2. The van der Waals surface area contributed by atoms with Crippen LogP contribution in [0.2, 0.25) is 0 Å². The first-order valence-electron chi connectivity index (χ1n) is 8.56. The van der Waals surface area contributed by atoms with Crippen LogP contribution < -0.4 is 10.6 Å². The van der Waals surface area contributed by atoms with E-state index in [0.29, 0.717) is 18.1 Å². The van der Waals surface area contributed by atoms with Gasteiger partial charge in [-0.3, -0.25) is 0 Å². The second-order valence-corrected chi connectivity index (χ2v) is 6.31. The second-order valence-electron chi connectivity index (χ2n) is 6.31. The first kappa shape index (κ1) is 18.7. The molecule has 1 aromatic heterocycles. The molecule has 140 valence electrons. The summed E-state index contributed by atoms with van der Waals surface area (Å²) in [5, 5.41) is 6.08. The molecule has 0 fully saturated rings. The quantitative estimate of drug-likeness (QED) is 0.656. The molecule has 0 amide bonds. The van der Waals surface area contributed by atoms with Gasteiger partial charge in [0.05, 0.1) is 11.4 Å². The summed E-state index contributed by atoms with van der Waals surface area (Å²) in [7, 11) is 3.97. The number of hydrogen-bond acceptors (Lipinski definition) is 5. The van der Waals surface area contributed by atoms with Gasteiger partial charge in [-0.1, -0.05) is 30.3 Å². The summed E-state index contributed by atoms with van der Waals surface area (Å²) >= 11 is 0. The Kier molecular flexibility index (Phi) is 5.93. The highest BCUT2D eigenvalue weighted by molar-refractivity contribution is 5.66. The number of benzene rings is 2. The van der Waals surface area contributed by atoms with Gasteiger partial charge in [0.25, 0.3) is 0 Å². The Hall–Kier alpha value is -3.06. The lowest BCUT2D eigenvalue weighted by molar-refractivity contribution is 0.425. The maximum Gasteiger partial charge on any atom is 0.229 e. The normalized spacial score (nSPS) is 10.9. The van der Waals surface area contributed by atoms with Crippen LogP contribution in [0.5, 0.6) is 0 Å². The zero-order valence-corrected chi connectivity index (χ0v) is 15.2. The van der Waals surface area contributed by atoms with Crippen molar-refractivity contribution in [1.82, 2.24) is 14.9 Å². The van der Waals surface area contributed by atoms with Crippen molar-refractivity contribution in [3.05, 3.63) is 66.2 Å². The summed E-state index contributed by atoms with van der Waals surface area (Å²) in [6.07, 6.45) is 0. The Labute approximate surface area is 157 Å². The zero-order chi connectivity index (χ0) is 19.2. The molecule has 27 heavy (non-hydrogen) atoms. The fourth-order valence-electron chi connectivity index (χ4n) is 2.47. The van der Waals surface area contributed by atoms with E-state index in [1.54, 1.807) is 0 Å². The molecule has 0 radical (unpaired) electrons. The average Bonchev–Trinajstić information content (AvgIpc) is 2.64. The number of nitrogens with zero attached hydrogens (tertiary/aromatic N) is 3. The molecule has 7 heteroatoms. The van der Waals surface area contributed by atoms with E-state index in [0.717, 1.165) is 18.2 Å². The van der Waals surface area contributed by atoms with E-state index in [1.165, 1.54) is 12.1 Å². The van der Waals surface area contributed by atoms with Crippen molar-refractivity contribution < 1.29 is 8.78 Å². The summed E-state index contributed by atoms with van der Waals surface area (Å²) in [4.78, 5) is 10.9. The van der Waals surface area contributed by atoms with Crippen molar-refractivity contribution in [1.29, 1.82) is 0 Å². The third-order valence-corrected chi connectivity index (χ3v) is 3.84. The lowest BCUT2D eigenvalue weighted by Gasteiger charge is -2.13. The smallest absolute Gasteiger partial charge is 0.229 e.